The molecule has 0 unspecified atom stereocenters. The summed E-state index contributed by atoms with van der Waals surface area (Å²) in [6.07, 6.45) is 1.38. The first kappa shape index (κ1) is 15.7. The quantitative estimate of drug-likeness (QED) is 0.890. The van der Waals surface area contributed by atoms with Crippen molar-refractivity contribution in [1.29, 1.82) is 0 Å². The Bertz CT molecular complexity index is 787. The van der Waals surface area contributed by atoms with E-state index in [4.69, 9.17) is 5.14 Å². The number of halogens is 1. The van der Waals surface area contributed by atoms with Crippen LogP contribution in [0.1, 0.15) is 0 Å². The third kappa shape index (κ3) is 3.43. The van der Waals surface area contributed by atoms with Crippen LogP contribution in [-0.2, 0) is 10.0 Å². The number of nitrogens with one attached hydrogen (secondary N) is 1. The number of pyridine rings is 1. The third-order valence-corrected chi connectivity index (χ3v) is 4.82. The van der Waals surface area contributed by atoms with Gasteiger partial charge in [-0.05, 0) is 18.2 Å². The van der Waals surface area contributed by atoms with Crippen LogP contribution in [-0.4, -0.2) is 34.6 Å². The molecule has 0 amide bonds. The summed E-state index contributed by atoms with van der Waals surface area (Å²) < 4.78 is 36.3. The molecule has 1 aromatic heterocycles. The van der Waals surface area contributed by atoms with Gasteiger partial charge < -0.3 is 4.90 Å². The van der Waals surface area contributed by atoms with Crippen LogP contribution < -0.4 is 19.9 Å². The molecule has 3 N–H and O–H groups in total. The minimum Gasteiger partial charge on any atom is -0.361 e. The number of anilines is 2. The maximum absolute atomic E-state index is 13.8. The van der Waals surface area contributed by atoms with Crippen LogP contribution in [0.3, 0.4) is 0 Å². The average Bonchev–Trinajstić information content (AvgIpc) is 2.55. The molecule has 8 heteroatoms. The Labute approximate surface area is 134 Å². The van der Waals surface area contributed by atoms with E-state index in [1.165, 1.54) is 18.3 Å². The number of aromatic amines is 1. The van der Waals surface area contributed by atoms with E-state index < -0.39 is 10.0 Å². The fraction of sp³-hybridized carbons (Fsp3) is 0.267. The normalized spacial score (nSPS) is 15.7. The van der Waals surface area contributed by atoms with E-state index in [-0.39, 0.29) is 10.7 Å². The number of H-pyrrole nitrogens is 1. The van der Waals surface area contributed by atoms with Gasteiger partial charge in [0.05, 0.1) is 18.8 Å². The minimum absolute atomic E-state index is 0.0474. The summed E-state index contributed by atoms with van der Waals surface area (Å²) in [5, 5.41) is 5.08. The zero-order valence-corrected chi connectivity index (χ0v) is 13.3. The van der Waals surface area contributed by atoms with Gasteiger partial charge >= 0.3 is 0 Å². The summed E-state index contributed by atoms with van der Waals surface area (Å²) in [4.78, 5) is 7.09. The molecule has 0 radical (unpaired) electrons. The SMILES string of the molecule is NS(=O)(=O)c1ccc(N2CCN(c3ccccc3F)CC2)[nH+]c1. The summed E-state index contributed by atoms with van der Waals surface area (Å²) in [5.74, 6) is 0.593. The number of piperazine rings is 1. The van der Waals surface area contributed by atoms with Crippen LogP contribution in [0.15, 0.2) is 47.5 Å². The third-order valence-electron chi connectivity index (χ3n) is 3.91. The molecule has 0 saturated carbocycles. The largest absolute Gasteiger partial charge is 0.361 e. The van der Waals surface area contributed by atoms with E-state index in [2.05, 4.69) is 9.88 Å². The van der Waals surface area contributed by atoms with Crippen molar-refractivity contribution in [2.24, 2.45) is 5.14 Å². The van der Waals surface area contributed by atoms with Crippen LogP contribution in [0.2, 0.25) is 0 Å². The lowest BCUT2D eigenvalue weighted by Gasteiger charge is -2.32. The Morgan fingerprint density at radius 1 is 1.00 bits per heavy atom. The minimum atomic E-state index is -3.70. The topological polar surface area (TPSA) is 80.8 Å². The van der Waals surface area contributed by atoms with Crippen LogP contribution in [0.4, 0.5) is 15.9 Å². The van der Waals surface area contributed by atoms with Crippen molar-refractivity contribution in [3.05, 3.63) is 48.4 Å². The van der Waals surface area contributed by atoms with Gasteiger partial charge in [-0.2, -0.15) is 0 Å². The van der Waals surface area contributed by atoms with E-state index in [1.54, 1.807) is 18.2 Å². The molecule has 1 aromatic carbocycles. The first-order chi connectivity index (χ1) is 10.9. The Morgan fingerprint density at radius 2 is 1.65 bits per heavy atom. The Kier molecular flexibility index (Phi) is 4.18. The maximum Gasteiger partial charge on any atom is 0.274 e. The molecule has 0 bridgehead atoms. The molecule has 0 atom stereocenters. The number of primary sulfonamides is 1. The second-order valence-electron chi connectivity index (χ2n) is 5.38. The molecule has 1 saturated heterocycles. The summed E-state index contributed by atoms with van der Waals surface area (Å²) in [6.45, 7) is 2.79. The number of hydrogen-bond acceptors (Lipinski definition) is 4. The molecule has 122 valence electrons. The number of benzene rings is 1. The summed E-state index contributed by atoms with van der Waals surface area (Å²) in [5.41, 5.74) is 0.612. The second-order valence-corrected chi connectivity index (χ2v) is 6.94. The van der Waals surface area contributed by atoms with E-state index in [1.807, 2.05) is 11.0 Å². The van der Waals surface area contributed by atoms with Gasteiger partial charge in [-0.25, -0.2) is 22.9 Å². The van der Waals surface area contributed by atoms with Gasteiger partial charge in [-0.15, -0.1) is 0 Å². The van der Waals surface area contributed by atoms with E-state index in [9.17, 15) is 12.8 Å². The molecule has 1 aliphatic heterocycles. The molecule has 23 heavy (non-hydrogen) atoms. The lowest BCUT2D eigenvalue weighted by molar-refractivity contribution is -0.367. The highest BCUT2D eigenvalue weighted by atomic mass is 32.2. The van der Waals surface area contributed by atoms with Crippen molar-refractivity contribution in [1.82, 2.24) is 0 Å². The first-order valence-electron chi connectivity index (χ1n) is 7.24. The van der Waals surface area contributed by atoms with Gasteiger partial charge in [0.15, 0.2) is 0 Å². The molecule has 2 heterocycles. The summed E-state index contributed by atoms with van der Waals surface area (Å²) >= 11 is 0. The van der Waals surface area contributed by atoms with Crippen molar-refractivity contribution < 1.29 is 17.8 Å². The first-order valence-corrected chi connectivity index (χ1v) is 8.79. The molecule has 1 aliphatic rings. The van der Waals surface area contributed by atoms with Crippen LogP contribution in [0, 0.1) is 5.82 Å². The van der Waals surface area contributed by atoms with Crippen molar-refractivity contribution in [2.45, 2.75) is 4.90 Å². The number of hydrogen-bond donors (Lipinski definition) is 1. The van der Waals surface area contributed by atoms with Crippen LogP contribution in [0.25, 0.3) is 0 Å². The summed E-state index contributed by atoms with van der Waals surface area (Å²) in [6, 6.07) is 9.91. The lowest BCUT2D eigenvalue weighted by atomic mass is 10.2. The zero-order chi connectivity index (χ0) is 16.4. The van der Waals surface area contributed by atoms with Gasteiger partial charge in [-0.3, -0.25) is 4.90 Å². The Hall–Kier alpha value is -2.19. The van der Waals surface area contributed by atoms with Crippen molar-refractivity contribution >= 4 is 21.5 Å². The number of nitrogens with two attached hydrogens (primary N) is 1. The van der Waals surface area contributed by atoms with Crippen LogP contribution >= 0.6 is 0 Å². The fourth-order valence-electron chi connectivity index (χ4n) is 2.67. The molecule has 1 fully saturated rings. The Balaban J connectivity index is 1.68. The summed E-state index contributed by atoms with van der Waals surface area (Å²) in [7, 11) is -3.70. The molecule has 6 nitrogen and oxygen atoms in total. The molecule has 3 rings (SSSR count). The highest BCUT2D eigenvalue weighted by Gasteiger charge is 2.25. The maximum atomic E-state index is 13.8. The van der Waals surface area contributed by atoms with Crippen LogP contribution in [0.5, 0.6) is 0 Å². The highest BCUT2D eigenvalue weighted by molar-refractivity contribution is 7.89. The number of rotatable bonds is 3. The average molecular weight is 337 g/mol. The standard InChI is InChI=1S/C15H17FN4O2S/c16-13-3-1-2-4-14(13)19-7-9-20(10-8-19)15-6-5-12(11-18-15)23(17,21)22/h1-6,11H,7-10H2,(H2,17,21,22)/p+1. The number of sulfonamides is 1. The predicted octanol–water partition coefficient (Wildman–Crippen LogP) is 0.614. The van der Waals surface area contributed by atoms with Crippen molar-refractivity contribution in [2.75, 3.05) is 36.0 Å². The molecular formula is C15H18FN4O2S+. The van der Waals surface area contributed by atoms with E-state index >= 15 is 0 Å². The van der Waals surface area contributed by atoms with Crippen molar-refractivity contribution in [3.63, 3.8) is 0 Å². The second kappa shape index (κ2) is 6.13. The van der Waals surface area contributed by atoms with Crippen molar-refractivity contribution in [3.8, 4) is 0 Å². The highest BCUT2D eigenvalue weighted by Crippen LogP contribution is 2.21. The van der Waals surface area contributed by atoms with E-state index in [0.29, 0.717) is 31.9 Å². The fourth-order valence-corrected chi connectivity index (χ4v) is 3.15. The monoisotopic (exact) mass is 337 g/mol. The zero-order valence-electron chi connectivity index (χ0n) is 12.4. The molecule has 0 aliphatic carbocycles. The smallest absolute Gasteiger partial charge is 0.274 e. The van der Waals surface area contributed by atoms with Gasteiger partial charge in [-0.1, -0.05) is 12.1 Å². The van der Waals surface area contributed by atoms with Gasteiger partial charge in [0.1, 0.15) is 30.0 Å². The predicted molar refractivity (Wildman–Crippen MR) is 85.2 cm³/mol. The Morgan fingerprint density at radius 3 is 2.22 bits per heavy atom. The lowest BCUT2D eigenvalue weighted by Crippen LogP contribution is -2.48. The van der Waals surface area contributed by atoms with E-state index in [0.717, 1.165) is 5.82 Å². The number of para-hydroxylation sites is 1. The van der Waals surface area contributed by atoms with Gasteiger partial charge in [0.2, 0.25) is 10.0 Å². The molecule has 0 spiro atoms. The molecular weight excluding hydrogens is 319 g/mol. The van der Waals surface area contributed by atoms with Gasteiger partial charge in [0.25, 0.3) is 5.82 Å². The molecule has 2 aromatic rings. The van der Waals surface area contributed by atoms with Gasteiger partial charge in [0, 0.05) is 6.07 Å². The number of aromatic nitrogens is 1. The number of nitrogens with zero attached hydrogens (tertiary/aromatic N) is 2.